The quantitative estimate of drug-likeness (QED) is 0.909. The molecule has 1 aliphatic heterocycles. The zero-order valence-electron chi connectivity index (χ0n) is 10.2. The maximum absolute atomic E-state index is 11.6. The summed E-state index contributed by atoms with van der Waals surface area (Å²) in [6.07, 6.45) is 0.867. The molecule has 1 N–H and O–H groups in total. The number of rotatable bonds is 4. The van der Waals surface area contributed by atoms with Gasteiger partial charge in [-0.15, -0.1) is 0 Å². The van der Waals surface area contributed by atoms with Crippen LogP contribution in [0.3, 0.4) is 0 Å². The molecule has 0 spiro atoms. The van der Waals surface area contributed by atoms with Crippen molar-refractivity contribution in [2.45, 2.75) is 19.4 Å². The molecule has 0 radical (unpaired) electrons. The standard InChI is InChI=1S/C13H16ClNO3/c1-9-6-10(14)2-3-12(9)18-8-13(16)15-11-4-5-17-7-11/h2-3,6,11H,4-5,7-8H2,1H3,(H,15,16)/t11-/m0/s1. The van der Waals surface area contributed by atoms with E-state index in [2.05, 4.69) is 5.32 Å². The SMILES string of the molecule is Cc1cc(Cl)ccc1OCC(=O)N[C@H]1CCOC1. The second-order valence-electron chi connectivity index (χ2n) is 4.33. The number of benzene rings is 1. The summed E-state index contributed by atoms with van der Waals surface area (Å²) in [7, 11) is 0. The first kappa shape index (κ1) is 13.2. The van der Waals surface area contributed by atoms with E-state index in [0.29, 0.717) is 24.0 Å². The van der Waals surface area contributed by atoms with Crippen molar-refractivity contribution >= 4 is 17.5 Å². The molecule has 0 aliphatic carbocycles. The Bertz CT molecular complexity index is 430. The molecule has 2 rings (SSSR count). The number of carbonyl (C=O) groups excluding carboxylic acids is 1. The first-order valence-electron chi connectivity index (χ1n) is 5.91. The largest absolute Gasteiger partial charge is 0.484 e. The highest BCUT2D eigenvalue weighted by molar-refractivity contribution is 6.30. The highest BCUT2D eigenvalue weighted by Crippen LogP contribution is 2.21. The van der Waals surface area contributed by atoms with Crippen molar-refractivity contribution in [3.05, 3.63) is 28.8 Å². The van der Waals surface area contributed by atoms with E-state index in [0.717, 1.165) is 12.0 Å². The molecule has 0 aromatic heterocycles. The molecule has 1 aromatic rings. The summed E-state index contributed by atoms with van der Waals surface area (Å²) < 4.78 is 10.6. The lowest BCUT2D eigenvalue weighted by Crippen LogP contribution is -2.38. The molecule has 1 atom stereocenters. The fourth-order valence-corrected chi connectivity index (χ4v) is 2.06. The van der Waals surface area contributed by atoms with E-state index in [1.807, 2.05) is 6.92 Å². The van der Waals surface area contributed by atoms with Crippen LogP contribution in [0.25, 0.3) is 0 Å². The van der Waals surface area contributed by atoms with Crippen LogP contribution in [0.2, 0.25) is 5.02 Å². The molecule has 0 bridgehead atoms. The minimum Gasteiger partial charge on any atom is -0.484 e. The number of nitrogens with one attached hydrogen (secondary N) is 1. The van der Waals surface area contributed by atoms with Crippen LogP contribution in [-0.4, -0.2) is 31.8 Å². The summed E-state index contributed by atoms with van der Waals surface area (Å²) in [5.74, 6) is 0.553. The third kappa shape index (κ3) is 3.62. The van der Waals surface area contributed by atoms with Gasteiger partial charge in [-0.3, -0.25) is 4.79 Å². The van der Waals surface area contributed by atoms with Gasteiger partial charge in [0.05, 0.1) is 12.6 Å². The fraction of sp³-hybridized carbons (Fsp3) is 0.462. The molecule has 0 unspecified atom stereocenters. The van der Waals surface area contributed by atoms with Crippen LogP contribution >= 0.6 is 11.6 Å². The lowest BCUT2D eigenvalue weighted by atomic mass is 10.2. The summed E-state index contributed by atoms with van der Waals surface area (Å²) in [5.41, 5.74) is 0.916. The number of halogens is 1. The van der Waals surface area contributed by atoms with Gasteiger partial charge in [-0.05, 0) is 37.1 Å². The maximum Gasteiger partial charge on any atom is 0.258 e. The first-order valence-corrected chi connectivity index (χ1v) is 6.29. The van der Waals surface area contributed by atoms with Crippen molar-refractivity contribution in [1.82, 2.24) is 5.32 Å². The van der Waals surface area contributed by atoms with E-state index in [1.54, 1.807) is 18.2 Å². The Hall–Kier alpha value is -1.26. The Morgan fingerprint density at radius 3 is 3.11 bits per heavy atom. The van der Waals surface area contributed by atoms with Gasteiger partial charge in [0, 0.05) is 11.6 Å². The van der Waals surface area contributed by atoms with Gasteiger partial charge >= 0.3 is 0 Å². The maximum atomic E-state index is 11.6. The molecule has 1 aliphatic rings. The Balaban J connectivity index is 1.81. The molecule has 1 saturated heterocycles. The third-order valence-electron chi connectivity index (χ3n) is 2.79. The van der Waals surface area contributed by atoms with E-state index < -0.39 is 0 Å². The van der Waals surface area contributed by atoms with Gasteiger partial charge in [0.1, 0.15) is 5.75 Å². The van der Waals surface area contributed by atoms with Crippen LogP contribution < -0.4 is 10.1 Å². The number of ether oxygens (including phenoxy) is 2. The average molecular weight is 270 g/mol. The normalized spacial score (nSPS) is 18.7. The van der Waals surface area contributed by atoms with Crippen molar-refractivity contribution in [2.24, 2.45) is 0 Å². The Morgan fingerprint density at radius 1 is 1.61 bits per heavy atom. The second-order valence-corrected chi connectivity index (χ2v) is 4.76. The smallest absolute Gasteiger partial charge is 0.258 e. The molecule has 1 amide bonds. The molecule has 98 valence electrons. The Morgan fingerprint density at radius 2 is 2.44 bits per heavy atom. The third-order valence-corrected chi connectivity index (χ3v) is 3.03. The van der Waals surface area contributed by atoms with E-state index in [-0.39, 0.29) is 18.6 Å². The first-order chi connectivity index (χ1) is 8.65. The van der Waals surface area contributed by atoms with Crippen molar-refractivity contribution in [3.63, 3.8) is 0 Å². The lowest BCUT2D eigenvalue weighted by Gasteiger charge is -2.12. The van der Waals surface area contributed by atoms with Gasteiger partial charge in [0.2, 0.25) is 0 Å². The van der Waals surface area contributed by atoms with Crippen LogP contribution in [0.1, 0.15) is 12.0 Å². The monoisotopic (exact) mass is 269 g/mol. The van der Waals surface area contributed by atoms with E-state index in [4.69, 9.17) is 21.1 Å². The Labute approximate surface area is 111 Å². The molecular formula is C13H16ClNO3. The van der Waals surface area contributed by atoms with Gasteiger partial charge in [-0.2, -0.15) is 0 Å². The Kier molecular flexibility index (Phi) is 4.44. The van der Waals surface area contributed by atoms with Crippen molar-refractivity contribution in [2.75, 3.05) is 19.8 Å². The van der Waals surface area contributed by atoms with Gasteiger partial charge < -0.3 is 14.8 Å². The van der Waals surface area contributed by atoms with Crippen LogP contribution in [0, 0.1) is 6.92 Å². The van der Waals surface area contributed by atoms with Crippen molar-refractivity contribution in [3.8, 4) is 5.75 Å². The topological polar surface area (TPSA) is 47.6 Å². The highest BCUT2D eigenvalue weighted by Gasteiger charge is 2.17. The van der Waals surface area contributed by atoms with E-state index in [9.17, 15) is 4.79 Å². The summed E-state index contributed by atoms with van der Waals surface area (Å²) in [5, 5.41) is 3.52. The predicted octanol–water partition coefficient (Wildman–Crippen LogP) is 1.93. The summed E-state index contributed by atoms with van der Waals surface area (Å²) in [6, 6.07) is 5.43. The van der Waals surface area contributed by atoms with Gasteiger partial charge in [-0.25, -0.2) is 0 Å². The van der Waals surface area contributed by atoms with E-state index in [1.165, 1.54) is 0 Å². The summed E-state index contributed by atoms with van der Waals surface area (Å²) in [4.78, 5) is 11.6. The average Bonchev–Trinajstić information content (AvgIpc) is 2.80. The summed E-state index contributed by atoms with van der Waals surface area (Å²) in [6.45, 7) is 3.21. The number of hydrogen-bond acceptors (Lipinski definition) is 3. The second kappa shape index (κ2) is 6.07. The minimum atomic E-state index is -0.125. The summed E-state index contributed by atoms with van der Waals surface area (Å²) >= 11 is 5.84. The molecule has 1 aromatic carbocycles. The molecule has 18 heavy (non-hydrogen) atoms. The zero-order chi connectivity index (χ0) is 13.0. The van der Waals surface area contributed by atoms with Gasteiger partial charge in [-0.1, -0.05) is 11.6 Å². The highest BCUT2D eigenvalue weighted by atomic mass is 35.5. The van der Waals surface area contributed by atoms with Crippen LogP contribution in [0.4, 0.5) is 0 Å². The molecule has 0 saturated carbocycles. The van der Waals surface area contributed by atoms with E-state index >= 15 is 0 Å². The number of amides is 1. The molecule has 1 heterocycles. The molecule has 5 heteroatoms. The molecular weight excluding hydrogens is 254 g/mol. The lowest BCUT2D eigenvalue weighted by molar-refractivity contribution is -0.123. The molecule has 1 fully saturated rings. The number of hydrogen-bond donors (Lipinski definition) is 1. The van der Waals surface area contributed by atoms with Crippen molar-refractivity contribution in [1.29, 1.82) is 0 Å². The van der Waals surface area contributed by atoms with Gasteiger partial charge in [0.25, 0.3) is 5.91 Å². The fourth-order valence-electron chi connectivity index (χ4n) is 1.84. The zero-order valence-corrected chi connectivity index (χ0v) is 11.0. The minimum absolute atomic E-state index is 0.0129. The number of aryl methyl sites for hydroxylation is 1. The molecule has 4 nitrogen and oxygen atoms in total. The number of carbonyl (C=O) groups is 1. The van der Waals surface area contributed by atoms with Crippen LogP contribution in [0.5, 0.6) is 5.75 Å². The van der Waals surface area contributed by atoms with Crippen LogP contribution in [-0.2, 0) is 9.53 Å². The predicted molar refractivity (Wildman–Crippen MR) is 69.1 cm³/mol. The van der Waals surface area contributed by atoms with Gasteiger partial charge in [0.15, 0.2) is 6.61 Å². The van der Waals surface area contributed by atoms with Crippen LogP contribution in [0.15, 0.2) is 18.2 Å². The van der Waals surface area contributed by atoms with Crippen molar-refractivity contribution < 1.29 is 14.3 Å².